The van der Waals surface area contributed by atoms with Crippen LogP contribution in [0.3, 0.4) is 0 Å². The van der Waals surface area contributed by atoms with Gasteiger partial charge in [-0.2, -0.15) is 0 Å². The number of nitrogens with one attached hydrogen (secondary N) is 1. The Bertz CT molecular complexity index is 534. The third-order valence-corrected chi connectivity index (χ3v) is 5.41. The summed E-state index contributed by atoms with van der Waals surface area (Å²) in [4.78, 5) is 7.91. The van der Waals surface area contributed by atoms with Crippen molar-refractivity contribution in [3.05, 3.63) is 20.6 Å². The molecule has 0 spiro atoms. The van der Waals surface area contributed by atoms with Crippen molar-refractivity contribution in [2.24, 2.45) is 5.92 Å². The molecule has 1 aliphatic carbocycles. The Morgan fingerprint density at radius 3 is 2.85 bits per heavy atom. The molecule has 1 aliphatic rings. The monoisotopic (exact) mass is 360 g/mol. The summed E-state index contributed by atoms with van der Waals surface area (Å²) in [5.74, 6) is 1.45. The number of aromatic amines is 1. The van der Waals surface area contributed by atoms with Crippen LogP contribution in [0, 0.1) is 10.6 Å². The third-order valence-electron chi connectivity index (χ3n) is 4.00. The molecule has 1 saturated carbocycles. The van der Waals surface area contributed by atoms with Crippen molar-refractivity contribution in [2.45, 2.75) is 44.8 Å². The Morgan fingerprint density at radius 2 is 2.25 bits per heavy atom. The molecule has 1 aromatic rings. The van der Waals surface area contributed by atoms with Crippen LogP contribution in [0.1, 0.15) is 44.1 Å². The summed E-state index contributed by atoms with van der Waals surface area (Å²) < 4.78 is 12.4. The maximum atomic E-state index is 5.87. The summed E-state index contributed by atoms with van der Waals surface area (Å²) in [5, 5.41) is 0. The Morgan fingerprint density at radius 1 is 1.50 bits per heavy atom. The average Bonchev–Trinajstić information content (AvgIpc) is 2.43. The van der Waals surface area contributed by atoms with E-state index >= 15 is 0 Å². The second-order valence-electron chi connectivity index (χ2n) is 5.52. The van der Waals surface area contributed by atoms with E-state index in [1.807, 2.05) is 0 Å². The number of halogens is 1. The number of methoxy groups -OCH3 is 2. The molecule has 1 N–H and O–H groups in total. The highest BCUT2D eigenvalue weighted by molar-refractivity contribution is 9.10. The van der Waals surface area contributed by atoms with E-state index in [1.165, 1.54) is 6.42 Å². The number of hydrogen-bond acceptors (Lipinski definition) is 4. The molecule has 0 amide bonds. The molecule has 1 fully saturated rings. The van der Waals surface area contributed by atoms with Crippen LogP contribution in [-0.2, 0) is 21.7 Å². The number of ether oxygens (including phenoxy) is 2. The van der Waals surface area contributed by atoms with Gasteiger partial charge < -0.3 is 14.5 Å². The van der Waals surface area contributed by atoms with Crippen molar-refractivity contribution in [1.29, 1.82) is 0 Å². The minimum absolute atomic E-state index is 0.353. The molecule has 0 aromatic carbocycles. The van der Waals surface area contributed by atoms with Crippen LogP contribution in [0.2, 0.25) is 0 Å². The van der Waals surface area contributed by atoms with Crippen LogP contribution in [0.5, 0.6) is 0 Å². The lowest BCUT2D eigenvalue weighted by molar-refractivity contribution is -0.0650. The van der Waals surface area contributed by atoms with Crippen LogP contribution >= 0.6 is 28.1 Å². The maximum Gasteiger partial charge on any atom is 0.144 e. The fourth-order valence-corrected chi connectivity index (χ4v) is 3.48. The van der Waals surface area contributed by atoms with Gasteiger partial charge in [0.05, 0.1) is 16.8 Å². The number of rotatable bonds is 4. The standard InChI is InChI=1S/C14H21BrN2O2S/c1-9-5-4-6-14(7-9,19-3)13-16-10(8-18-2)11(15)12(20)17-13/h9H,4-8H2,1-3H3,(H,16,17,20). The van der Waals surface area contributed by atoms with E-state index in [0.29, 0.717) is 17.2 Å². The van der Waals surface area contributed by atoms with Crippen molar-refractivity contribution < 1.29 is 9.47 Å². The van der Waals surface area contributed by atoms with E-state index in [0.717, 1.165) is 35.3 Å². The fraction of sp³-hybridized carbons (Fsp3) is 0.714. The number of hydrogen-bond donors (Lipinski definition) is 1. The van der Waals surface area contributed by atoms with Crippen molar-refractivity contribution in [1.82, 2.24) is 9.97 Å². The highest BCUT2D eigenvalue weighted by atomic mass is 79.9. The number of H-pyrrole nitrogens is 1. The Balaban J connectivity index is 2.46. The smallest absolute Gasteiger partial charge is 0.144 e. The molecule has 20 heavy (non-hydrogen) atoms. The highest BCUT2D eigenvalue weighted by Crippen LogP contribution is 2.41. The quantitative estimate of drug-likeness (QED) is 0.821. The van der Waals surface area contributed by atoms with Gasteiger partial charge in [0, 0.05) is 14.2 Å². The molecule has 2 atom stereocenters. The summed E-state index contributed by atoms with van der Waals surface area (Å²) in [7, 11) is 3.42. The van der Waals surface area contributed by atoms with Crippen LogP contribution < -0.4 is 0 Å². The second kappa shape index (κ2) is 6.64. The van der Waals surface area contributed by atoms with Crippen molar-refractivity contribution in [3.8, 4) is 0 Å². The minimum Gasteiger partial charge on any atom is -0.378 e. The lowest BCUT2D eigenvalue weighted by Gasteiger charge is -2.38. The average molecular weight is 361 g/mol. The fourth-order valence-electron chi connectivity index (χ4n) is 2.97. The molecule has 1 heterocycles. The van der Waals surface area contributed by atoms with Gasteiger partial charge in [-0.05, 0) is 41.1 Å². The van der Waals surface area contributed by atoms with Gasteiger partial charge in [0.25, 0.3) is 0 Å². The van der Waals surface area contributed by atoms with Gasteiger partial charge in [-0.25, -0.2) is 4.98 Å². The van der Waals surface area contributed by atoms with Gasteiger partial charge in [0.2, 0.25) is 0 Å². The normalized spacial score (nSPS) is 26.7. The molecule has 2 rings (SSSR count). The van der Waals surface area contributed by atoms with E-state index in [2.05, 4.69) is 32.8 Å². The number of nitrogens with zero attached hydrogens (tertiary/aromatic N) is 1. The first-order chi connectivity index (χ1) is 9.52. The number of aromatic nitrogens is 2. The van der Waals surface area contributed by atoms with Crippen LogP contribution in [0.4, 0.5) is 0 Å². The van der Waals surface area contributed by atoms with Crippen LogP contribution in [-0.4, -0.2) is 24.2 Å². The topological polar surface area (TPSA) is 47.1 Å². The molecule has 0 saturated heterocycles. The van der Waals surface area contributed by atoms with Gasteiger partial charge in [-0.15, -0.1) is 0 Å². The molecule has 6 heteroatoms. The van der Waals surface area contributed by atoms with Gasteiger partial charge in [-0.1, -0.05) is 25.6 Å². The van der Waals surface area contributed by atoms with Gasteiger partial charge in [0.1, 0.15) is 16.1 Å². The maximum absolute atomic E-state index is 5.87. The lowest BCUT2D eigenvalue weighted by Crippen LogP contribution is -2.36. The van der Waals surface area contributed by atoms with Crippen molar-refractivity contribution >= 4 is 28.1 Å². The highest BCUT2D eigenvalue weighted by Gasteiger charge is 2.39. The first-order valence-electron chi connectivity index (χ1n) is 6.85. The molecule has 4 nitrogen and oxygen atoms in total. The van der Waals surface area contributed by atoms with E-state index in [4.69, 9.17) is 21.7 Å². The van der Waals surface area contributed by atoms with Crippen LogP contribution in [0.25, 0.3) is 0 Å². The van der Waals surface area contributed by atoms with E-state index in [1.54, 1.807) is 14.2 Å². The lowest BCUT2D eigenvalue weighted by atomic mass is 9.78. The molecular weight excluding hydrogens is 340 g/mol. The predicted octanol–water partition coefficient (Wildman–Crippen LogP) is 4.10. The zero-order valence-corrected chi connectivity index (χ0v) is 14.6. The van der Waals surface area contributed by atoms with E-state index in [-0.39, 0.29) is 5.60 Å². The molecule has 112 valence electrons. The summed E-state index contributed by atoms with van der Waals surface area (Å²) in [6, 6.07) is 0. The van der Waals surface area contributed by atoms with E-state index < -0.39 is 0 Å². The SMILES string of the molecule is COCc1[nH]c(C2(OC)CCCC(C)C2)nc(=S)c1Br. The first kappa shape index (κ1) is 16.1. The summed E-state index contributed by atoms with van der Waals surface area (Å²) in [6.45, 7) is 2.73. The summed E-state index contributed by atoms with van der Waals surface area (Å²) in [6.07, 6.45) is 4.33. The van der Waals surface area contributed by atoms with Crippen LogP contribution in [0.15, 0.2) is 4.47 Å². The van der Waals surface area contributed by atoms with Crippen molar-refractivity contribution in [2.75, 3.05) is 14.2 Å². The Labute approximate surface area is 133 Å². The Hall–Kier alpha value is -0.300. The molecule has 0 aliphatic heterocycles. The second-order valence-corrected chi connectivity index (χ2v) is 6.70. The van der Waals surface area contributed by atoms with Crippen molar-refractivity contribution in [3.63, 3.8) is 0 Å². The summed E-state index contributed by atoms with van der Waals surface area (Å²) >= 11 is 8.82. The summed E-state index contributed by atoms with van der Waals surface area (Å²) in [5.41, 5.74) is 0.561. The first-order valence-corrected chi connectivity index (χ1v) is 8.06. The van der Waals surface area contributed by atoms with Gasteiger partial charge >= 0.3 is 0 Å². The van der Waals surface area contributed by atoms with Gasteiger partial charge in [-0.3, -0.25) is 0 Å². The van der Waals surface area contributed by atoms with E-state index in [9.17, 15) is 0 Å². The largest absolute Gasteiger partial charge is 0.378 e. The zero-order valence-electron chi connectivity index (χ0n) is 12.2. The minimum atomic E-state index is -0.353. The molecule has 2 unspecified atom stereocenters. The predicted molar refractivity (Wildman–Crippen MR) is 84.2 cm³/mol. The molecule has 1 aromatic heterocycles. The van der Waals surface area contributed by atoms with Gasteiger partial charge in [0.15, 0.2) is 0 Å². The molecule has 0 bridgehead atoms. The Kier molecular flexibility index (Phi) is 5.34. The zero-order chi connectivity index (χ0) is 14.8. The molecule has 0 radical (unpaired) electrons. The molecular formula is C14H21BrN2O2S. The third kappa shape index (κ3) is 3.13.